The lowest BCUT2D eigenvalue weighted by molar-refractivity contribution is -0.117. The number of carbonyl (C=O) groups is 2. The Morgan fingerprint density at radius 1 is 1.19 bits per heavy atom. The highest BCUT2D eigenvalue weighted by Crippen LogP contribution is 2.37. The third-order valence-electron chi connectivity index (χ3n) is 6.37. The number of anilines is 2. The molecule has 0 bridgehead atoms. The molecule has 0 spiro atoms. The van der Waals surface area contributed by atoms with Gasteiger partial charge in [-0.3, -0.25) is 9.59 Å². The predicted molar refractivity (Wildman–Crippen MR) is 131 cm³/mol. The maximum absolute atomic E-state index is 14.3. The van der Waals surface area contributed by atoms with Crippen molar-refractivity contribution in [2.24, 2.45) is 5.16 Å². The number of fused-ring (bicyclic) bond motifs is 2. The van der Waals surface area contributed by atoms with Gasteiger partial charge in [0.1, 0.15) is 11.6 Å². The molecule has 8 nitrogen and oxygen atoms in total. The lowest BCUT2D eigenvalue weighted by Crippen LogP contribution is -2.30. The Bertz CT molecular complexity index is 1360. The minimum absolute atomic E-state index is 0.0235. The highest BCUT2D eigenvalue weighted by atomic mass is 19.1. The number of benzene rings is 3. The molecule has 9 heteroatoms. The number of amides is 2. The summed E-state index contributed by atoms with van der Waals surface area (Å²) in [5, 5.41) is 15.6. The molecule has 0 aliphatic carbocycles. The zero-order valence-corrected chi connectivity index (χ0v) is 19.5. The molecule has 2 N–H and O–H groups in total. The van der Waals surface area contributed by atoms with Gasteiger partial charge in [-0.25, -0.2) is 4.39 Å². The molecule has 0 fully saturated rings. The topological polar surface area (TPSA) is 100 Å². The van der Waals surface area contributed by atoms with Gasteiger partial charge in [0.05, 0.1) is 24.8 Å². The van der Waals surface area contributed by atoms with Crippen molar-refractivity contribution in [3.8, 4) is 5.75 Å². The standard InChI is InChI=1S/C27H24FN3O5/c1-2-21(16-6-4-3-5-7-16)26(32)29-20-8-9-22-23(12-20)31(27(33)24(22)30-34)13-17-10-19(28)11-18-14-35-15-36-25(17)18/h3-12,21,34H,2,13-15H2,1H3,(H,29,32)/b30-24+. The average Bonchev–Trinajstić information content (AvgIpc) is 3.14. The maximum atomic E-state index is 14.3. The highest BCUT2D eigenvalue weighted by Gasteiger charge is 2.36. The van der Waals surface area contributed by atoms with Crippen LogP contribution in [0.2, 0.25) is 0 Å². The van der Waals surface area contributed by atoms with Crippen LogP contribution in [-0.2, 0) is 27.5 Å². The van der Waals surface area contributed by atoms with Crippen LogP contribution in [0.1, 0.15) is 41.5 Å². The van der Waals surface area contributed by atoms with Crippen molar-refractivity contribution in [3.05, 3.63) is 88.7 Å². The Morgan fingerprint density at radius 2 is 2.00 bits per heavy atom. The molecule has 0 radical (unpaired) electrons. The van der Waals surface area contributed by atoms with Gasteiger partial charge in [-0.15, -0.1) is 0 Å². The van der Waals surface area contributed by atoms with Crippen LogP contribution in [0.4, 0.5) is 15.8 Å². The van der Waals surface area contributed by atoms with Crippen LogP contribution in [0.5, 0.6) is 5.75 Å². The van der Waals surface area contributed by atoms with E-state index in [-0.39, 0.29) is 37.5 Å². The van der Waals surface area contributed by atoms with Gasteiger partial charge in [0.2, 0.25) is 5.91 Å². The van der Waals surface area contributed by atoms with Crippen molar-refractivity contribution < 1.29 is 28.7 Å². The minimum Gasteiger partial charge on any atom is -0.467 e. The normalized spacial score (nSPS) is 16.3. The Balaban J connectivity index is 1.46. The van der Waals surface area contributed by atoms with E-state index in [4.69, 9.17) is 9.47 Å². The zero-order chi connectivity index (χ0) is 25.2. The molecule has 0 saturated carbocycles. The molecule has 2 amide bonds. The van der Waals surface area contributed by atoms with Gasteiger partial charge >= 0.3 is 0 Å². The van der Waals surface area contributed by atoms with Gasteiger partial charge in [-0.1, -0.05) is 42.4 Å². The van der Waals surface area contributed by atoms with Crippen molar-refractivity contribution in [2.75, 3.05) is 17.0 Å². The monoisotopic (exact) mass is 489 g/mol. The molecule has 184 valence electrons. The fraction of sp³-hybridized carbons (Fsp3) is 0.222. The van der Waals surface area contributed by atoms with Crippen molar-refractivity contribution in [2.45, 2.75) is 32.4 Å². The molecular weight excluding hydrogens is 465 g/mol. The number of rotatable bonds is 6. The van der Waals surface area contributed by atoms with Crippen LogP contribution in [0.15, 0.2) is 65.8 Å². The van der Waals surface area contributed by atoms with Crippen LogP contribution in [0.25, 0.3) is 0 Å². The van der Waals surface area contributed by atoms with E-state index in [0.29, 0.717) is 40.2 Å². The van der Waals surface area contributed by atoms with E-state index in [0.717, 1.165) is 5.56 Å². The van der Waals surface area contributed by atoms with Crippen LogP contribution >= 0.6 is 0 Å². The third-order valence-corrected chi connectivity index (χ3v) is 6.37. The summed E-state index contributed by atoms with van der Waals surface area (Å²) >= 11 is 0. The molecular formula is C27H24FN3O5. The number of nitrogens with one attached hydrogen (secondary N) is 1. The Kier molecular flexibility index (Phi) is 6.39. The molecule has 3 aromatic rings. The minimum atomic E-state index is -0.545. The summed E-state index contributed by atoms with van der Waals surface area (Å²) in [5.74, 6) is -1.08. The van der Waals surface area contributed by atoms with Gasteiger partial charge in [-0.05, 0) is 42.3 Å². The van der Waals surface area contributed by atoms with Gasteiger partial charge < -0.3 is 24.9 Å². The second kappa shape index (κ2) is 9.79. The average molecular weight is 490 g/mol. The fourth-order valence-corrected chi connectivity index (χ4v) is 4.67. The van der Waals surface area contributed by atoms with E-state index in [1.54, 1.807) is 18.2 Å². The molecule has 1 atom stereocenters. The summed E-state index contributed by atoms with van der Waals surface area (Å²) in [6.07, 6.45) is 0.612. The molecule has 36 heavy (non-hydrogen) atoms. The van der Waals surface area contributed by atoms with E-state index >= 15 is 0 Å². The highest BCUT2D eigenvalue weighted by molar-refractivity contribution is 6.54. The summed E-state index contributed by atoms with van der Waals surface area (Å²) in [4.78, 5) is 27.6. The van der Waals surface area contributed by atoms with E-state index in [1.165, 1.54) is 17.0 Å². The first kappa shape index (κ1) is 23.5. The van der Waals surface area contributed by atoms with E-state index < -0.39 is 11.7 Å². The smallest absolute Gasteiger partial charge is 0.281 e. The summed E-state index contributed by atoms with van der Waals surface area (Å²) in [6.45, 7) is 2.14. The summed E-state index contributed by atoms with van der Waals surface area (Å²) < 4.78 is 25.1. The Hall–Kier alpha value is -4.24. The van der Waals surface area contributed by atoms with Crippen molar-refractivity contribution in [1.29, 1.82) is 0 Å². The second-order valence-corrected chi connectivity index (χ2v) is 8.60. The lowest BCUT2D eigenvalue weighted by Gasteiger charge is -2.24. The van der Waals surface area contributed by atoms with Gasteiger partial charge in [0.15, 0.2) is 12.5 Å². The van der Waals surface area contributed by atoms with E-state index in [1.807, 2.05) is 37.3 Å². The van der Waals surface area contributed by atoms with Crippen LogP contribution in [0.3, 0.4) is 0 Å². The van der Waals surface area contributed by atoms with Crippen molar-refractivity contribution in [3.63, 3.8) is 0 Å². The van der Waals surface area contributed by atoms with Gasteiger partial charge in [0.25, 0.3) is 5.91 Å². The number of nitrogens with zero attached hydrogens (tertiary/aromatic N) is 2. The molecule has 0 saturated heterocycles. The first-order valence-corrected chi connectivity index (χ1v) is 11.6. The summed E-state index contributed by atoms with van der Waals surface area (Å²) in [5.41, 5.74) is 3.10. The van der Waals surface area contributed by atoms with Crippen molar-refractivity contribution >= 4 is 28.9 Å². The number of oxime groups is 1. The zero-order valence-electron chi connectivity index (χ0n) is 19.5. The third kappa shape index (κ3) is 4.29. The summed E-state index contributed by atoms with van der Waals surface area (Å²) in [7, 11) is 0. The number of ether oxygens (including phenoxy) is 2. The summed E-state index contributed by atoms with van der Waals surface area (Å²) in [6, 6.07) is 17.1. The molecule has 5 rings (SSSR count). The van der Waals surface area contributed by atoms with Crippen LogP contribution in [0, 0.1) is 5.82 Å². The predicted octanol–water partition coefficient (Wildman–Crippen LogP) is 4.55. The van der Waals surface area contributed by atoms with E-state index in [9.17, 15) is 19.2 Å². The molecule has 2 aliphatic heterocycles. The SMILES string of the molecule is CCC(C(=O)Nc1ccc2c(c1)N(Cc1cc(F)cc3c1OCOC3)C(=O)/C2=N/O)c1ccccc1. The number of carbonyl (C=O) groups excluding carboxylic acids is 2. The lowest BCUT2D eigenvalue weighted by atomic mass is 9.95. The number of hydrogen-bond acceptors (Lipinski definition) is 6. The van der Waals surface area contributed by atoms with Gasteiger partial charge in [-0.2, -0.15) is 0 Å². The Morgan fingerprint density at radius 3 is 2.75 bits per heavy atom. The van der Waals surface area contributed by atoms with Crippen LogP contribution < -0.4 is 15.0 Å². The maximum Gasteiger partial charge on any atom is 0.281 e. The first-order valence-electron chi connectivity index (χ1n) is 11.6. The Labute approximate surface area is 206 Å². The van der Waals surface area contributed by atoms with Gasteiger partial charge in [0, 0.05) is 22.4 Å². The molecule has 2 heterocycles. The molecule has 1 unspecified atom stereocenters. The molecule has 0 aromatic heterocycles. The number of hydrogen-bond donors (Lipinski definition) is 2. The first-order chi connectivity index (χ1) is 17.5. The number of halogens is 1. The van der Waals surface area contributed by atoms with Crippen LogP contribution in [-0.4, -0.2) is 29.5 Å². The van der Waals surface area contributed by atoms with Crippen molar-refractivity contribution in [1.82, 2.24) is 0 Å². The quantitative estimate of drug-likeness (QED) is 0.391. The molecule has 3 aromatic carbocycles. The largest absolute Gasteiger partial charge is 0.467 e. The fourth-order valence-electron chi connectivity index (χ4n) is 4.67. The van der Waals surface area contributed by atoms with E-state index in [2.05, 4.69) is 10.5 Å². The molecule has 2 aliphatic rings. The second-order valence-electron chi connectivity index (χ2n) is 8.60.